The second kappa shape index (κ2) is 4.15. The molecule has 5 nitrogen and oxygen atoms in total. The van der Waals surface area contributed by atoms with Gasteiger partial charge < -0.3 is 10.6 Å². The molecule has 14 heavy (non-hydrogen) atoms. The summed E-state index contributed by atoms with van der Waals surface area (Å²) in [6.45, 7) is 1.42. The molecule has 1 saturated heterocycles. The number of hydrogen-bond acceptors (Lipinski definition) is 4. The van der Waals surface area contributed by atoms with E-state index in [0.29, 0.717) is 19.5 Å². The van der Waals surface area contributed by atoms with Crippen molar-refractivity contribution in [2.75, 3.05) is 6.54 Å². The predicted octanol–water partition coefficient (Wildman–Crippen LogP) is -0.545. The molecule has 1 aliphatic heterocycles. The molecule has 2 rings (SSSR count). The molecule has 0 bridgehead atoms. The van der Waals surface area contributed by atoms with E-state index in [2.05, 4.69) is 20.6 Å². The van der Waals surface area contributed by atoms with Crippen LogP contribution in [0.15, 0.2) is 18.7 Å². The van der Waals surface area contributed by atoms with Crippen molar-refractivity contribution < 1.29 is 4.79 Å². The van der Waals surface area contributed by atoms with Crippen LogP contribution in [0.25, 0.3) is 0 Å². The van der Waals surface area contributed by atoms with Gasteiger partial charge in [-0.15, -0.1) is 0 Å². The zero-order chi connectivity index (χ0) is 9.80. The summed E-state index contributed by atoms with van der Waals surface area (Å²) in [5.74, 6) is 0.117. The van der Waals surface area contributed by atoms with E-state index in [9.17, 15) is 4.79 Å². The van der Waals surface area contributed by atoms with Gasteiger partial charge in [-0.2, -0.15) is 0 Å². The van der Waals surface area contributed by atoms with Gasteiger partial charge in [-0.05, 0) is 0 Å². The average molecular weight is 192 g/mol. The maximum Gasteiger partial charge on any atom is 0.221 e. The number of rotatable bonds is 3. The number of aromatic nitrogens is 2. The number of nitrogens with one attached hydrogen (secondary N) is 2. The highest BCUT2D eigenvalue weighted by molar-refractivity contribution is 5.78. The summed E-state index contributed by atoms with van der Waals surface area (Å²) < 4.78 is 0. The molecule has 1 aromatic heterocycles. The van der Waals surface area contributed by atoms with Gasteiger partial charge in [-0.1, -0.05) is 0 Å². The van der Waals surface area contributed by atoms with Crippen molar-refractivity contribution in [3.63, 3.8) is 0 Å². The van der Waals surface area contributed by atoms with Gasteiger partial charge in [0.2, 0.25) is 5.91 Å². The Morgan fingerprint density at radius 3 is 2.93 bits per heavy atom. The number of hydrogen-bond donors (Lipinski definition) is 2. The van der Waals surface area contributed by atoms with Crippen molar-refractivity contribution in [3.8, 4) is 0 Å². The van der Waals surface area contributed by atoms with Gasteiger partial charge in [0.15, 0.2) is 0 Å². The molecular formula is C9H12N4O. The van der Waals surface area contributed by atoms with Gasteiger partial charge >= 0.3 is 0 Å². The lowest BCUT2D eigenvalue weighted by Crippen LogP contribution is -2.30. The second-order valence-electron chi connectivity index (χ2n) is 3.33. The highest BCUT2D eigenvalue weighted by Gasteiger charge is 2.20. The molecule has 1 aliphatic rings. The highest BCUT2D eigenvalue weighted by Crippen LogP contribution is 2.01. The smallest absolute Gasteiger partial charge is 0.221 e. The molecule has 0 aromatic carbocycles. The van der Waals surface area contributed by atoms with Crippen molar-refractivity contribution in [2.45, 2.75) is 19.0 Å². The summed E-state index contributed by atoms with van der Waals surface area (Å²) in [7, 11) is 0. The van der Waals surface area contributed by atoms with Crippen LogP contribution in [0, 0.1) is 0 Å². The van der Waals surface area contributed by atoms with Crippen LogP contribution in [0.4, 0.5) is 0 Å². The Labute approximate surface area is 82.0 Å². The topological polar surface area (TPSA) is 66.9 Å². The lowest BCUT2D eigenvalue weighted by Gasteiger charge is -2.08. The van der Waals surface area contributed by atoms with Gasteiger partial charge in [0.1, 0.15) is 6.33 Å². The molecule has 0 saturated carbocycles. The quantitative estimate of drug-likeness (QED) is 0.674. The number of nitrogens with zero attached hydrogens (tertiary/aromatic N) is 2. The van der Waals surface area contributed by atoms with E-state index in [1.807, 2.05) is 0 Å². The van der Waals surface area contributed by atoms with Crippen LogP contribution < -0.4 is 10.6 Å². The number of carbonyl (C=O) groups is 1. The molecule has 1 fully saturated rings. The van der Waals surface area contributed by atoms with Crippen molar-refractivity contribution >= 4 is 5.91 Å². The maximum absolute atomic E-state index is 10.9. The SMILES string of the molecule is O=C1CC(NCc2cncnc2)CN1. The van der Waals surface area contributed by atoms with E-state index >= 15 is 0 Å². The van der Waals surface area contributed by atoms with Crippen LogP contribution in [0.3, 0.4) is 0 Å². The predicted molar refractivity (Wildman–Crippen MR) is 50.3 cm³/mol. The number of amides is 1. The van der Waals surface area contributed by atoms with Gasteiger partial charge in [0.25, 0.3) is 0 Å². The Kier molecular flexibility index (Phi) is 2.69. The first-order chi connectivity index (χ1) is 6.84. The third kappa shape index (κ3) is 2.26. The minimum Gasteiger partial charge on any atom is -0.354 e. The molecule has 5 heteroatoms. The third-order valence-corrected chi connectivity index (χ3v) is 2.19. The van der Waals surface area contributed by atoms with Gasteiger partial charge in [-0.25, -0.2) is 9.97 Å². The zero-order valence-corrected chi connectivity index (χ0v) is 7.73. The van der Waals surface area contributed by atoms with Crippen molar-refractivity contribution in [3.05, 3.63) is 24.3 Å². The lowest BCUT2D eigenvalue weighted by molar-refractivity contribution is -0.119. The zero-order valence-electron chi connectivity index (χ0n) is 7.73. The van der Waals surface area contributed by atoms with Crippen LogP contribution >= 0.6 is 0 Å². The minimum atomic E-state index is 0.117. The van der Waals surface area contributed by atoms with Gasteiger partial charge in [-0.3, -0.25) is 4.79 Å². The van der Waals surface area contributed by atoms with Gasteiger partial charge in [0, 0.05) is 43.5 Å². The first kappa shape index (κ1) is 9.08. The van der Waals surface area contributed by atoms with Crippen molar-refractivity contribution in [1.29, 1.82) is 0 Å². The maximum atomic E-state index is 10.9. The summed E-state index contributed by atoms with van der Waals surface area (Å²) in [6.07, 6.45) is 5.60. The van der Waals surface area contributed by atoms with Crippen LogP contribution in [-0.4, -0.2) is 28.5 Å². The lowest BCUT2D eigenvalue weighted by atomic mass is 10.2. The van der Waals surface area contributed by atoms with Crippen molar-refractivity contribution in [2.24, 2.45) is 0 Å². The molecule has 74 valence electrons. The molecular weight excluding hydrogens is 180 g/mol. The Hall–Kier alpha value is -1.49. The molecule has 1 aromatic rings. The molecule has 1 amide bonds. The van der Waals surface area contributed by atoms with Crippen LogP contribution in [0.2, 0.25) is 0 Å². The summed E-state index contributed by atoms with van der Waals surface area (Å²) >= 11 is 0. The summed E-state index contributed by atoms with van der Waals surface area (Å²) in [5, 5.41) is 6.04. The Morgan fingerprint density at radius 1 is 1.50 bits per heavy atom. The Morgan fingerprint density at radius 2 is 2.29 bits per heavy atom. The minimum absolute atomic E-state index is 0.117. The van der Waals surface area contributed by atoms with Crippen LogP contribution in [0.5, 0.6) is 0 Å². The number of carbonyl (C=O) groups excluding carboxylic acids is 1. The molecule has 2 N–H and O–H groups in total. The third-order valence-electron chi connectivity index (χ3n) is 2.19. The summed E-state index contributed by atoms with van der Waals surface area (Å²) in [5.41, 5.74) is 1.03. The van der Waals surface area contributed by atoms with E-state index in [0.717, 1.165) is 5.56 Å². The van der Waals surface area contributed by atoms with Crippen LogP contribution in [0.1, 0.15) is 12.0 Å². The monoisotopic (exact) mass is 192 g/mol. The standard InChI is InChI=1S/C9H12N4O/c14-9-1-8(5-13-9)12-4-7-2-10-6-11-3-7/h2-3,6,8,12H,1,4-5H2,(H,13,14). The molecule has 0 spiro atoms. The molecule has 0 aliphatic carbocycles. The summed E-state index contributed by atoms with van der Waals surface area (Å²) in [4.78, 5) is 18.7. The van der Waals surface area contributed by atoms with Crippen molar-refractivity contribution in [1.82, 2.24) is 20.6 Å². The van der Waals surface area contributed by atoms with E-state index in [4.69, 9.17) is 0 Å². The first-order valence-corrected chi connectivity index (χ1v) is 4.58. The highest BCUT2D eigenvalue weighted by atomic mass is 16.1. The summed E-state index contributed by atoms with van der Waals surface area (Å²) in [6, 6.07) is 0.239. The van der Waals surface area contributed by atoms with E-state index in [1.54, 1.807) is 12.4 Å². The molecule has 1 unspecified atom stereocenters. The average Bonchev–Trinajstić information content (AvgIpc) is 2.63. The normalized spacial score (nSPS) is 20.9. The Bertz CT molecular complexity index is 314. The fraction of sp³-hybridized carbons (Fsp3) is 0.444. The molecule has 2 heterocycles. The first-order valence-electron chi connectivity index (χ1n) is 4.58. The van der Waals surface area contributed by atoms with E-state index in [1.165, 1.54) is 6.33 Å². The second-order valence-corrected chi connectivity index (χ2v) is 3.33. The molecule has 0 radical (unpaired) electrons. The fourth-order valence-electron chi connectivity index (χ4n) is 1.43. The van der Waals surface area contributed by atoms with Gasteiger partial charge in [0.05, 0.1) is 0 Å². The molecule has 1 atom stereocenters. The van der Waals surface area contributed by atoms with E-state index in [-0.39, 0.29) is 11.9 Å². The fourth-order valence-corrected chi connectivity index (χ4v) is 1.43. The van der Waals surface area contributed by atoms with E-state index < -0.39 is 0 Å². The van der Waals surface area contributed by atoms with Crippen LogP contribution in [-0.2, 0) is 11.3 Å². The largest absolute Gasteiger partial charge is 0.354 e. The Balaban J connectivity index is 1.80.